The lowest BCUT2D eigenvalue weighted by Crippen LogP contribution is -2.47. The first-order valence-electron chi connectivity index (χ1n) is 8.43. The number of hydrogen-bond acceptors (Lipinski definition) is 3. The van der Waals surface area contributed by atoms with Crippen molar-refractivity contribution in [3.63, 3.8) is 0 Å². The van der Waals surface area contributed by atoms with Gasteiger partial charge in [0.15, 0.2) is 0 Å². The molecule has 1 unspecified atom stereocenters. The normalized spacial score (nSPS) is 18.2. The highest BCUT2D eigenvalue weighted by Gasteiger charge is 2.18. The molecular weight excluding hydrogens is 250 g/mol. The largest absolute Gasteiger partial charge is 0.352 e. The molecule has 0 aliphatic heterocycles. The molecule has 4 nitrogen and oxygen atoms in total. The molecule has 1 fully saturated rings. The van der Waals surface area contributed by atoms with Crippen LogP contribution in [0.1, 0.15) is 59.3 Å². The summed E-state index contributed by atoms with van der Waals surface area (Å²) in [4.78, 5) is 14.5. The molecule has 0 aromatic heterocycles. The summed E-state index contributed by atoms with van der Waals surface area (Å²) >= 11 is 0. The van der Waals surface area contributed by atoms with Crippen molar-refractivity contribution in [1.82, 2.24) is 15.5 Å². The molecule has 1 saturated carbocycles. The standard InChI is InChI=1S/C16H33N3O/c1-4-19(5-2)13-9-12-17-14(3)16(20)18-15-10-7-6-8-11-15/h14-15,17H,4-13H2,1-3H3,(H,18,20). The van der Waals surface area contributed by atoms with Crippen molar-refractivity contribution in [3.05, 3.63) is 0 Å². The average molecular weight is 283 g/mol. The van der Waals surface area contributed by atoms with Gasteiger partial charge < -0.3 is 15.5 Å². The molecule has 1 atom stereocenters. The summed E-state index contributed by atoms with van der Waals surface area (Å²) in [6, 6.07) is 0.338. The van der Waals surface area contributed by atoms with Crippen molar-refractivity contribution in [2.75, 3.05) is 26.2 Å². The number of rotatable bonds is 9. The summed E-state index contributed by atoms with van der Waals surface area (Å²) in [6.07, 6.45) is 7.25. The Kier molecular flexibility index (Phi) is 8.86. The van der Waals surface area contributed by atoms with Crippen LogP contribution >= 0.6 is 0 Å². The van der Waals surface area contributed by atoms with Gasteiger partial charge in [-0.05, 0) is 52.4 Å². The lowest BCUT2D eigenvalue weighted by atomic mass is 9.95. The van der Waals surface area contributed by atoms with Gasteiger partial charge in [-0.25, -0.2) is 0 Å². The van der Waals surface area contributed by atoms with Crippen molar-refractivity contribution < 1.29 is 4.79 Å². The van der Waals surface area contributed by atoms with Crippen LogP contribution in [0.15, 0.2) is 0 Å². The number of amides is 1. The third-order valence-corrected chi connectivity index (χ3v) is 4.34. The van der Waals surface area contributed by atoms with Crippen molar-refractivity contribution in [2.45, 2.75) is 71.4 Å². The van der Waals surface area contributed by atoms with Crippen LogP contribution in [0.25, 0.3) is 0 Å². The van der Waals surface area contributed by atoms with Crippen LogP contribution in [-0.2, 0) is 4.79 Å². The quantitative estimate of drug-likeness (QED) is 0.637. The zero-order valence-corrected chi connectivity index (χ0v) is 13.6. The maximum absolute atomic E-state index is 12.1. The van der Waals surface area contributed by atoms with Gasteiger partial charge in [0.2, 0.25) is 5.91 Å². The van der Waals surface area contributed by atoms with Crippen LogP contribution in [0.3, 0.4) is 0 Å². The van der Waals surface area contributed by atoms with Gasteiger partial charge in [-0.1, -0.05) is 33.1 Å². The van der Waals surface area contributed by atoms with Gasteiger partial charge in [0.1, 0.15) is 0 Å². The zero-order chi connectivity index (χ0) is 14.8. The number of carbonyl (C=O) groups excluding carboxylic acids is 1. The predicted molar refractivity (Wildman–Crippen MR) is 84.9 cm³/mol. The monoisotopic (exact) mass is 283 g/mol. The summed E-state index contributed by atoms with van der Waals surface area (Å²) in [6.45, 7) is 10.6. The van der Waals surface area contributed by atoms with Crippen LogP contribution in [0.5, 0.6) is 0 Å². The molecule has 118 valence electrons. The summed E-state index contributed by atoms with van der Waals surface area (Å²) in [7, 11) is 0. The molecule has 0 radical (unpaired) electrons. The van der Waals surface area contributed by atoms with Gasteiger partial charge in [0.25, 0.3) is 0 Å². The van der Waals surface area contributed by atoms with E-state index in [9.17, 15) is 4.79 Å². The summed E-state index contributed by atoms with van der Waals surface area (Å²) in [5.41, 5.74) is 0. The van der Waals surface area contributed by atoms with E-state index in [0.29, 0.717) is 6.04 Å². The maximum Gasteiger partial charge on any atom is 0.237 e. The van der Waals surface area contributed by atoms with Gasteiger partial charge in [-0.15, -0.1) is 0 Å². The summed E-state index contributed by atoms with van der Waals surface area (Å²) < 4.78 is 0. The van der Waals surface area contributed by atoms with Crippen molar-refractivity contribution in [1.29, 1.82) is 0 Å². The smallest absolute Gasteiger partial charge is 0.237 e. The highest BCUT2D eigenvalue weighted by molar-refractivity contribution is 5.81. The molecule has 0 saturated heterocycles. The third-order valence-electron chi connectivity index (χ3n) is 4.34. The second kappa shape index (κ2) is 10.2. The topological polar surface area (TPSA) is 44.4 Å². The van der Waals surface area contributed by atoms with Crippen molar-refractivity contribution in [2.24, 2.45) is 0 Å². The SMILES string of the molecule is CCN(CC)CCCNC(C)C(=O)NC1CCCCC1. The third kappa shape index (κ3) is 6.71. The van der Waals surface area contributed by atoms with E-state index in [4.69, 9.17) is 0 Å². The number of nitrogens with one attached hydrogen (secondary N) is 2. The molecule has 0 spiro atoms. The Morgan fingerprint density at radius 3 is 2.45 bits per heavy atom. The van der Waals surface area contributed by atoms with E-state index in [1.807, 2.05) is 6.92 Å². The fourth-order valence-electron chi connectivity index (χ4n) is 2.83. The molecular formula is C16H33N3O. The molecule has 0 bridgehead atoms. The van der Waals surface area contributed by atoms with Crippen LogP contribution in [-0.4, -0.2) is 49.1 Å². The molecule has 0 aromatic rings. The Labute approximate surface area is 124 Å². The van der Waals surface area contributed by atoms with Gasteiger partial charge >= 0.3 is 0 Å². The first-order valence-corrected chi connectivity index (χ1v) is 8.43. The second-order valence-electron chi connectivity index (χ2n) is 5.90. The molecule has 20 heavy (non-hydrogen) atoms. The zero-order valence-electron chi connectivity index (χ0n) is 13.6. The highest BCUT2D eigenvalue weighted by Crippen LogP contribution is 2.17. The lowest BCUT2D eigenvalue weighted by Gasteiger charge is -2.25. The number of hydrogen-bond donors (Lipinski definition) is 2. The predicted octanol–water partition coefficient (Wildman–Crippen LogP) is 2.15. The van der Waals surface area contributed by atoms with E-state index in [1.54, 1.807) is 0 Å². The summed E-state index contributed by atoms with van der Waals surface area (Å²) in [5, 5.41) is 6.52. The molecule has 1 rings (SSSR count). The highest BCUT2D eigenvalue weighted by atomic mass is 16.2. The molecule has 4 heteroatoms. The van der Waals surface area contributed by atoms with Gasteiger partial charge in [-0.3, -0.25) is 4.79 Å². The first-order chi connectivity index (χ1) is 9.67. The van der Waals surface area contributed by atoms with Gasteiger partial charge in [0.05, 0.1) is 6.04 Å². The van der Waals surface area contributed by atoms with Gasteiger partial charge in [-0.2, -0.15) is 0 Å². The van der Waals surface area contributed by atoms with E-state index in [0.717, 1.165) is 45.4 Å². The van der Waals surface area contributed by atoms with Crippen LogP contribution in [0.2, 0.25) is 0 Å². The molecule has 1 aliphatic carbocycles. The number of nitrogens with zero attached hydrogens (tertiary/aromatic N) is 1. The number of carbonyl (C=O) groups is 1. The van der Waals surface area contributed by atoms with Crippen molar-refractivity contribution >= 4 is 5.91 Å². The molecule has 1 aliphatic rings. The Bertz CT molecular complexity index is 260. The van der Waals surface area contributed by atoms with Gasteiger partial charge in [0, 0.05) is 6.04 Å². The maximum atomic E-state index is 12.1. The Morgan fingerprint density at radius 1 is 1.20 bits per heavy atom. The summed E-state index contributed by atoms with van der Waals surface area (Å²) in [5.74, 6) is 0.166. The van der Waals surface area contributed by atoms with Crippen molar-refractivity contribution in [3.8, 4) is 0 Å². The van der Waals surface area contributed by atoms with Crippen LogP contribution in [0, 0.1) is 0 Å². The Hall–Kier alpha value is -0.610. The minimum Gasteiger partial charge on any atom is -0.352 e. The first kappa shape index (κ1) is 17.4. The molecule has 1 amide bonds. The minimum absolute atomic E-state index is 0.0753. The Morgan fingerprint density at radius 2 is 1.85 bits per heavy atom. The molecule has 2 N–H and O–H groups in total. The fraction of sp³-hybridized carbons (Fsp3) is 0.938. The minimum atomic E-state index is -0.0753. The van der Waals surface area contributed by atoms with E-state index in [-0.39, 0.29) is 11.9 Å². The lowest BCUT2D eigenvalue weighted by molar-refractivity contribution is -0.123. The van der Waals surface area contributed by atoms with Crippen LogP contribution in [0.4, 0.5) is 0 Å². The van der Waals surface area contributed by atoms with E-state index in [2.05, 4.69) is 29.4 Å². The Balaban J connectivity index is 2.11. The van der Waals surface area contributed by atoms with E-state index >= 15 is 0 Å². The van der Waals surface area contributed by atoms with E-state index in [1.165, 1.54) is 19.3 Å². The molecule has 0 aromatic carbocycles. The average Bonchev–Trinajstić information content (AvgIpc) is 2.48. The van der Waals surface area contributed by atoms with E-state index < -0.39 is 0 Å². The second-order valence-corrected chi connectivity index (χ2v) is 5.90. The van der Waals surface area contributed by atoms with Crippen LogP contribution < -0.4 is 10.6 Å². The fourth-order valence-corrected chi connectivity index (χ4v) is 2.83. The molecule has 0 heterocycles.